The summed E-state index contributed by atoms with van der Waals surface area (Å²) in [6.45, 7) is 5.71. The molecule has 142 valence electrons. The molecule has 0 bridgehead atoms. The second kappa shape index (κ2) is 5.95. The van der Waals surface area contributed by atoms with Gasteiger partial charge in [-0.2, -0.15) is 0 Å². The first-order chi connectivity index (χ1) is 13.9. The summed E-state index contributed by atoms with van der Waals surface area (Å²) >= 11 is 0. The van der Waals surface area contributed by atoms with E-state index in [1.54, 1.807) is 19.1 Å². The number of fused-ring (bicyclic) bond motifs is 4. The van der Waals surface area contributed by atoms with Gasteiger partial charge in [0.05, 0.1) is 16.8 Å². The molecule has 1 aromatic carbocycles. The van der Waals surface area contributed by atoms with Crippen LogP contribution >= 0.6 is 0 Å². The zero-order chi connectivity index (χ0) is 20.4. The van der Waals surface area contributed by atoms with E-state index in [9.17, 15) is 9.59 Å². The minimum absolute atomic E-state index is 0.182. The van der Waals surface area contributed by atoms with Crippen molar-refractivity contribution in [3.8, 4) is 11.4 Å². The van der Waals surface area contributed by atoms with Gasteiger partial charge in [-0.3, -0.25) is 9.59 Å². The topological polar surface area (TPSA) is 64.8 Å². The molecular formula is C24H19N3O2. The van der Waals surface area contributed by atoms with Crippen LogP contribution in [0.1, 0.15) is 39.0 Å². The van der Waals surface area contributed by atoms with E-state index in [2.05, 4.69) is 28.6 Å². The third kappa shape index (κ3) is 2.34. The number of rotatable bonds is 1. The molecular weight excluding hydrogens is 362 g/mol. The fraction of sp³-hybridized carbons (Fsp3) is 0.167. The van der Waals surface area contributed by atoms with Crippen LogP contribution in [0.4, 0.5) is 0 Å². The average molecular weight is 381 g/mol. The molecule has 1 aliphatic rings. The second-order valence-electron chi connectivity index (χ2n) is 7.58. The molecule has 0 aliphatic heterocycles. The van der Waals surface area contributed by atoms with E-state index in [4.69, 9.17) is 4.98 Å². The van der Waals surface area contributed by atoms with Crippen LogP contribution in [-0.4, -0.2) is 26.1 Å². The van der Waals surface area contributed by atoms with E-state index in [-0.39, 0.29) is 17.3 Å². The largest absolute Gasteiger partial charge is 0.342 e. The van der Waals surface area contributed by atoms with Gasteiger partial charge < -0.3 is 4.57 Å². The molecule has 0 spiro atoms. The first-order valence-corrected chi connectivity index (χ1v) is 9.51. The zero-order valence-electron chi connectivity index (χ0n) is 16.7. The highest BCUT2D eigenvalue weighted by Crippen LogP contribution is 2.37. The number of benzene rings is 1. The summed E-state index contributed by atoms with van der Waals surface area (Å²) < 4.78 is 2.12. The van der Waals surface area contributed by atoms with Crippen molar-refractivity contribution in [2.45, 2.75) is 20.8 Å². The maximum Gasteiger partial charge on any atom is 0.207 e. The van der Waals surface area contributed by atoms with Gasteiger partial charge >= 0.3 is 0 Å². The third-order valence-corrected chi connectivity index (χ3v) is 5.85. The number of carbonyl (C=O) groups is 2. The van der Waals surface area contributed by atoms with Gasteiger partial charge in [0.25, 0.3) is 0 Å². The standard InChI is InChI=1S/C24H19N3O2/c1-12-11-19(28)16-9-10-17(26-21(16)24(12)29)22-23-20(13(2)14(3)25-22)15-7-5-6-8-18(15)27(23)4/h5-11H,1-4H3. The van der Waals surface area contributed by atoms with Crippen LogP contribution in [0.3, 0.4) is 0 Å². The fourth-order valence-corrected chi connectivity index (χ4v) is 4.20. The number of hydrogen-bond donors (Lipinski definition) is 0. The summed E-state index contributed by atoms with van der Waals surface area (Å²) in [5.41, 5.74) is 6.42. The van der Waals surface area contributed by atoms with E-state index in [0.717, 1.165) is 38.8 Å². The molecule has 5 nitrogen and oxygen atoms in total. The molecule has 0 radical (unpaired) electrons. The lowest BCUT2D eigenvalue weighted by molar-refractivity contribution is 0.0980. The average Bonchev–Trinajstić information content (AvgIpc) is 3.02. The van der Waals surface area contributed by atoms with Crippen molar-refractivity contribution in [2.75, 3.05) is 0 Å². The molecule has 5 heteroatoms. The molecule has 0 unspecified atom stereocenters. The van der Waals surface area contributed by atoms with Crippen LogP contribution in [-0.2, 0) is 7.05 Å². The number of hydrogen-bond acceptors (Lipinski definition) is 4. The van der Waals surface area contributed by atoms with Crippen molar-refractivity contribution in [3.05, 3.63) is 70.6 Å². The molecule has 29 heavy (non-hydrogen) atoms. The highest BCUT2D eigenvalue weighted by Gasteiger charge is 2.26. The molecule has 3 heterocycles. The highest BCUT2D eigenvalue weighted by molar-refractivity contribution is 6.23. The number of para-hydroxylation sites is 1. The minimum atomic E-state index is -0.210. The summed E-state index contributed by atoms with van der Waals surface area (Å²) in [4.78, 5) is 34.4. The van der Waals surface area contributed by atoms with Crippen molar-refractivity contribution in [1.82, 2.24) is 14.5 Å². The van der Waals surface area contributed by atoms with Gasteiger partial charge in [0.1, 0.15) is 11.4 Å². The van der Waals surface area contributed by atoms with Crippen molar-refractivity contribution in [1.29, 1.82) is 0 Å². The number of ketones is 2. The van der Waals surface area contributed by atoms with Crippen LogP contribution < -0.4 is 0 Å². The summed E-state index contributed by atoms with van der Waals surface area (Å²) in [7, 11) is 2.02. The predicted octanol–water partition coefficient (Wildman–Crippen LogP) is 4.73. The van der Waals surface area contributed by atoms with Crippen molar-refractivity contribution < 1.29 is 9.59 Å². The Bertz CT molecular complexity index is 1420. The number of nitrogens with zero attached hydrogens (tertiary/aromatic N) is 3. The first kappa shape index (κ1) is 17.5. The maximum atomic E-state index is 12.6. The number of aromatic nitrogens is 3. The highest BCUT2D eigenvalue weighted by atomic mass is 16.1. The summed E-state index contributed by atoms with van der Waals surface area (Å²) in [5.74, 6) is -0.391. The Morgan fingerprint density at radius 3 is 2.45 bits per heavy atom. The smallest absolute Gasteiger partial charge is 0.207 e. The molecule has 3 aromatic heterocycles. The molecule has 0 atom stereocenters. The van der Waals surface area contributed by atoms with Gasteiger partial charge in [0, 0.05) is 34.6 Å². The predicted molar refractivity (Wildman–Crippen MR) is 113 cm³/mol. The molecule has 4 aromatic rings. The Kier molecular flexibility index (Phi) is 3.59. The van der Waals surface area contributed by atoms with Gasteiger partial charge in [0.2, 0.25) is 5.78 Å². The maximum absolute atomic E-state index is 12.6. The van der Waals surface area contributed by atoms with Crippen LogP contribution in [0.25, 0.3) is 33.2 Å². The molecule has 0 N–H and O–H groups in total. The lowest BCUT2D eigenvalue weighted by Gasteiger charge is -2.14. The van der Waals surface area contributed by atoms with Crippen LogP contribution in [0.15, 0.2) is 48.0 Å². The van der Waals surface area contributed by atoms with E-state index < -0.39 is 0 Å². The zero-order valence-corrected chi connectivity index (χ0v) is 16.7. The fourth-order valence-electron chi connectivity index (χ4n) is 4.20. The van der Waals surface area contributed by atoms with Crippen LogP contribution in [0.5, 0.6) is 0 Å². The van der Waals surface area contributed by atoms with E-state index in [1.807, 2.05) is 26.1 Å². The normalized spacial score (nSPS) is 13.9. The minimum Gasteiger partial charge on any atom is -0.342 e. The van der Waals surface area contributed by atoms with Crippen molar-refractivity contribution in [3.63, 3.8) is 0 Å². The summed E-state index contributed by atoms with van der Waals surface area (Å²) in [5, 5.41) is 2.31. The molecule has 5 rings (SSSR count). The molecule has 0 fully saturated rings. The monoisotopic (exact) mass is 381 g/mol. The number of Topliss-reactive ketones (excluding diaryl/α,β-unsaturated/α-hetero) is 1. The molecule has 0 saturated heterocycles. The summed E-state index contributed by atoms with van der Waals surface area (Å²) in [6, 6.07) is 11.7. The molecule has 1 aliphatic carbocycles. The quantitative estimate of drug-likeness (QED) is 0.478. The Hall–Kier alpha value is -3.60. The van der Waals surface area contributed by atoms with E-state index in [1.165, 1.54) is 6.08 Å². The van der Waals surface area contributed by atoms with Gasteiger partial charge in [0.15, 0.2) is 5.78 Å². The summed E-state index contributed by atoms with van der Waals surface area (Å²) in [6.07, 6.45) is 1.38. The van der Waals surface area contributed by atoms with Gasteiger partial charge in [-0.05, 0) is 50.6 Å². The number of pyridine rings is 2. The van der Waals surface area contributed by atoms with Gasteiger partial charge in [-0.15, -0.1) is 0 Å². The SMILES string of the molecule is CC1=CC(=O)c2ccc(-c3nc(C)c(C)c4c5ccccc5n(C)c34)nc2C1=O. The Balaban J connectivity index is 1.87. The van der Waals surface area contributed by atoms with Gasteiger partial charge in [-0.1, -0.05) is 18.2 Å². The van der Waals surface area contributed by atoms with Crippen LogP contribution in [0, 0.1) is 13.8 Å². The van der Waals surface area contributed by atoms with Gasteiger partial charge in [-0.25, -0.2) is 9.97 Å². The number of aryl methyl sites for hydroxylation is 3. The van der Waals surface area contributed by atoms with Crippen molar-refractivity contribution in [2.24, 2.45) is 7.05 Å². The first-order valence-electron chi connectivity index (χ1n) is 9.51. The number of allylic oxidation sites excluding steroid dienone is 2. The lowest BCUT2D eigenvalue weighted by atomic mass is 9.94. The lowest BCUT2D eigenvalue weighted by Crippen LogP contribution is -2.17. The molecule has 0 amide bonds. The number of carbonyl (C=O) groups excluding carboxylic acids is 2. The van der Waals surface area contributed by atoms with Crippen LogP contribution in [0.2, 0.25) is 0 Å². The molecule has 0 saturated carbocycles. The Labute approximate surface area is 167 Å². The van der Waals surface area contributed by atoms with E-state index >= 15 is 0 Å². The Morgan fingerprint density at radius 1 is 0.897 bits per heavy atom. The third-order valence-electron chi connectivity index (χ3n) is 5.85. The Morgan fingerprint density at radius 2 is 1.66 bits per heavy atom. The second-order valence-corrected chi connectivity index (χ2v) is 7.58. The van der Waals surface area contributed by atoms with E-state index in [0.29, 0.717) is 16.8 Å². The van der Waals surface area contributed by atoms with Crippen molar-refractivity contribution >= 4 is 33.4 Å².